The molecule has 1 heterocycles. The smallest absolute Gasteiger partial charge is 0.225 e. The van der Waals surface area contributed by atoms with Gasteiger partial charge in [-0.15, -0.1) is 10.2 Å². The molecule has 0 atom stereocenters. The van der Waals surface area contributed by atoms with E-state index in [2.05, 4.69) is 23.4 Å². The topological polar surface area (TPSA) is 30.7 Å². The van der Waals surface area contributed by atoms with Gasteiger partial charge in [0.15, 0.2) is 0 Å². The molecule has 0 unspecified atom stereocenters. The number of rotatable bonds is 6. The van der Waals surface area contributed by atoms with Crippen molar-refractivity contribution in [2.45, 2.75) is 32.7 Å². The fourth-order valence-electron chi connectivity index (χ4n) is 1.31. The zero-order chi connectivity index (χ0) is 10.4. The summed E-state index contributed by atoms with van der Waals surface area (Å²) in [6.45, 7) is 3.07. The molecule has 0 amide bonds. The summed E-state index contributed by atoms with van der Waals surface area (Å²) in [6, 6.07) is 0. The second kappa shape index (κ2) is 6.30. The molecule has 0 N–H and O–H groups in total. The Bertz CT molecular complexity index is 275. The van der Waals surface area contributed by atoms with Gasteiger partial charge < -0.3 is 4.57 Å². The monoisotopic (exact) mass is 233 g/mol. The Morgan fingerprint density at radius 1 is 1.43 bits per heavy atom. The minimum atomic E-state index is 0.523. The normalized spacial score (nSPS) is 10.8. The molecule has 0 spiro atoms. The van der Waals surface area contributed by atoms with Gasteiger partial charge in [0.05, 0.1) is 0 Å². The predicted octanol–water partition coefficient (Wildman–Crippen LogP) is 2.64. The number of aromatic nitrogens is 3. The molecular weight excluding hydrogens is 218 g/mol. The lowest BCUT2D eigenvalue weighted by Crippen LogP contribution is -2.05. The zero-order valence-electron chi connectivity index (χ0n) is 8.66. The van der Waals surface area contributed by atoms with Crippen molar-refractivity contribution in [1.29, 1.82) is 0 Å². The first-order valence-electron chi connectivity index (χ1n) is 4.86. The van der Waals surface area contributed by atoms with Crippen LogP contribution in [0.15, 0.2) is 0 Å². The van der Waals surface area contributed by atoms with Crippen molar-refractivity contribution in [3.05, 3.63) is 11.1 Å². The first-order valence-corrected chi connectivity index (χ1v) is 6.63. The van der Waals surface area contributed by atoms with Gasteiger partial charge in [-0.1, -0.05) is 6.92 Å². The van der Waals surface area contributed by atoms with E-state index in [1.165, 1.54) is 0 Å². The lowest BCUT2D eigenvalue weighted by atomic mass is 10.3. The number of hydrogen-bond donors (Lipinski definition) is 0. The SMILES string of the molecule is CCCc1nnc(Cl)n1CCCSC. The van der Waals surface area contributed by atoms with Gasteiger partial charge in [-0.25, -0.2) is 0 Å². The van der Waals surface area contributed by atoms with Gasteiger partial charge in [0.1, 0.15) is 5.82 Å². The zero-order valence-corrected chi connectivity index (χ0v) is 10.2. The molecule has 0 saturated carbocycles. The minimum Gasteiger partial charge on any atom is -0.302 e. The summed E-state index contributed by atoms with van der Waals surface area (Å²) in [4.78, 5) is 0. The average Bonchev–Trinajstić information content (AvgIpc) is 2.50. The standard InChI is InChI=1S/C9H16ClN3S/c1-3-5-8-11-12-9(10)13(8)6-4-7-14-2/h3-7H2,1-2H3. The Morgan fingerprint density at radius 3 is 2.86 bits per heavy atom. The van der Waals surface area contributed by atoms with Gasteiger partial charge in [0.2, 0.25) is 5.28 Å². The second-order valence-corrected chi connectivity index (χ2v) is 4.46. The van der Waals surface area contributed by atoms with Crippen molar-refractivity contribution in [2.75, 3.05) is 12.0 Å². The summed E-state index contributed by atoms with van der Waals surface area (Å²) in [7, 11) is 0. The van der Waals surface area contributed by atoms with Crippen LogP contribution in [-0.2, 0) is 13.0 Å². The third kappa shape index (κ3) is 3.17. The van der Waals surface area contributed by atoms with Crippen LogP contribution in [0.3, 0.4) is 0 Å². The van der Waals surface area contributed by atoms with E-state index in [0.717, 1.165) is 37.4 Å². The van der Waals surface area contributed by atoms with E-state index in [-0.39, 0.29) is 0 Å². The molecule has 3 nitrogen and oxygen atoms in total. The van der Waals surface area contributed by atoms with Crippen LogP contribution < -0.4 is 0 Å². The van der Waals surface area contributed by atoms with E-state index in [1.807, 2.05) is 16.3 Å². The van der Waals surface area contributed by atoms with Crippen molar-refractivity contribution in [3.8, 4) is 0 Å². The molecule has 80 valence electrons. The van der Waals surface area contributed by atoms with Crippen LogP contribution >= 0.6 is 23.4 Å². The molecule has 14 heavy (non-hydrogen) atoms. The third-order valence-corrected chi connectivity index (χ3v) is 2.96. The molecule has 5 heteroatoms. The molecular formula is C9H16ClN3S. The number of thioether (sulfide) groups is 1. The molecule has 0 radical (unpaired) electrons. The summed E-state index contributed by atoms with van der Waals surface area (Å²) in [5.74, 6) is 2.17. The van der Waals surface area contributed by atoms with Gasteiger partial charge in [0.25, 0.3) is 0 Å². The summed E-state index contributed by atoms with van der Waals surface area (Å²) in [5, 5.41) is 8.47. The highest BCUT2D eigenvalue weighted by Gasteiger charge is 2.08. The largest absolute Gasteiger partial charge is 0.302 e. The van der Waals surface area contributed by atoms with E-state index >= 15 is 0 Å². The first-order chi connectivity index (χ1) is 6.79. The lowest BCUT2D eigenvalue weighted by molar-refractivity contribution is 0.635. The Hall–Kier alpha value is -0.220. The molecule has 0 aromatic carbocycles. The summed E-state index contributed by atoms with van der Waals surface area (Å²) in [5.41, 5.74) is 0. The molecule has 1 aromatic rings. The fourth-order valence-corrected chi connectivity index (χ4v) is 1.95. The Balaban J connectivity index is 2.57. The lowest BCUT2D eigenvalue weighted by Gasteiger charge is -2.05. The Morgan fingerprint density at radius 2 is 2.21 bits per heavy atom. The van der Waals surface area contributed by atoms with Gasteiger partial charge >= 0.3 is 0 Å². The minimum absolute atomic E-state index is 0.523. The number of nitrogens with zero attached hydrogens (tertiary/aromatic N) is 3. The van der Waals surface area contributed by atoms with Crippen molar-refractivity contribution in [2.24, 2.45) is 0 Å². The van der Waals surface area contributed by atoms with Gasteiger partial charge in [0, 0.05) is 13.0 Å². The van der Waals surface area contributed by atoms with Crippen LogP contribution in [0.2, 0.25) is 5.28 Å². The first kappa shape index (κ1) is 11.9. The molecule has 0 fully saturated rings. The van der Waals surface area contributed by atoms with Crippen molar-refractivity contribution >= 4 is 23.4 Å². The van der Waals surface area contributed by atoms with Crippen molar-refractivity contribution in [1.82, 2.24) is 14.8 Å². The van der Waals surface area contributed by atoms with Gasteiger partial charge in [-0.3, -0.25) is 0 Å². The third-order valence-electron chi connectivity index (χ3n) is 1.99. The van der Waals surface area contributed by atoms with E-state index in [4.69, 9.17) is 11.6 Å². The van der Waals surface area contributed by atoms with E-state index in [1.54, 1.807) is 0 Å². The number of halogens is 1. The van der Waals surface area contributed by atoms with Gasteiger partial charge in [-0.2, -0.15) is 11.8 Å². The maximum Gasteiger partial charge on any atom is 0.225 e. The summed E-state index contributed by atoms with van der Waals surface area (Å²) in [6.07, 6.45) is 5.27. The number of hydrogen-bond acceptors (Lipinski definition) is 3. The average molecular weight is 234 g/mol. The number of aryl methyl sites for hydroxylation is 1. The molecule has 0 aliphatic carbocycles. The van der Waals surface area contributed by atoms with E-state index in [9.17, 15) is 0 Å². The van der Waals surface area contributed by atoms with Crippen LogP contribution in [0.25, 0.3) is 0 Å². The second-order valence-electron chi connectivity index (χ2n) is 3.13. The highest BCUT2D eigenvalue weighted by molar-refractivity contribution is 7.98. The van der Waals surface area contributed by atoms with Crippen LogP contribution in [0.5, 0.6) is 0 Å². The van der Waals surface area contributed by atoms with E-state index in [0.29, 0.717) is 5.28 Å². The van der Waals surface area contributed by atoms with Crippen molar-refractivity contribution < 1.29 is 0 Å². The molecule has 1 aromatic heterocycles. The highest BCUT2D eigenvalue weighted by Crippen LogP contribution is 2.11. The predicted molar refractivity (Wildman–Crippen MR) is 62.0 cm³/mol. The fraction of sp³-hybridized carbons (Fsp3) is 0.778. The van der Waals surface area contributed by atoms with Crippen LogP contribution in [0, 0.1) is 0 Å². The molecule has 0 aliphatic rings. The van der Waals surface area contributed by atoms with Crippen LogP contribution in [0.4, 0.5) is 0 Å². The summed E-state index contributed by atoms with van der Waals surface area (Å²) < 4.78 is 2.02. The molecule has 0 saturated heterocycles. The quantitative estimate of drug-likeness (QED) is 0.708. The maximum atomic E-state index is 5.94. The van der Waals surface area contributed by atoms with Crippen LogP contribution in [0.1, 0.15) is 25.6 Å². The summed E-state index contributed by atoms with van der Waals surface area (Å²) >= 11 is 7.79. The molecule has 0 bridgehead atoms. The van der Waals surface area contributed by atoms with Gasteiger partial charge in [-0.05, 0) is 36.5 Å². The molecule has 0 aliphatic heterocycles. The Labute approximate surface area is 94.2 Å². The maximum absolute atomic E-state index is 5.94. The van der Waals surface area contributed by atoms with Crippen LogP contribution in [-0.4, -0.2) is 26.8 Å². The molecule has 1 rings (SSSR count). The van der Waals surface area contributed by atoms with E-state index < -0.39 is 0 Å². The Kier molecular flexibility index (Phi) is 5.33. The highest BCUT2D eigenvalue weighted by atomic mass is 35.5. The van der Waals surface area contributed by atoms with Crippen molar-refractivity contribution in [3.63, 3.8) is 0 Å².